The molecule has 0 aliphatic carbocycles. The normalized spacial score (nSPS) is 10.1. The molecule has 0 rings (SSSR count). The minimum atomic E-state index is -4.18. The monoisotopic (exact) mass is 174 g/mol. The Hall–Kier alpha value is 0.332. The van der Waals surface area contributed by atoms with E-state index in [1.54, 1.807) is 0 Å². The van der Waals surface area contributed by atoms with Crippen LogP contribution < -0.4 is 0 Å². The summed E-state index contributed by atoms with van der Waals surface area (Å²) in [6.07, 6.45) is 0. The summed E-state index contributed by atoms with van der Waals surface area (Å²) in [4.78, 5) is 0. The zero-order valence-electron chi connectivity index (χ0n) is 3.40. The molecule has 0 aliphatic rings. The molecule has 0 atom stereocenters. The van der Waals surface area contributed by atoms with Gasteiger partial charge >= 0.3 is 56.9 Å². The average molecular weight is 174 g/mol. The van der Waals surface area contributed by atoms with E-state index in [1.807, 2.05) is 0 Å². The van der Waals surface area contributed by atoms with E-state index in [4.69, 9.17) is 0 Å². The van der Waals surface area contributed by atoms with Gasteiger partial charge in [-0.25, -0.2) is 0 Å². The molecule has 0 heterocycles. The quantitative estimate of drug-likeness (QED) is 0.534. The number of hydrogen-bond acceptors (Lipinski definition) is 5. The van der Waals surface area contributed by atoms with E-state index >= 15 is 0 Å². The summed E-state index contributed by atoms with van der Waals surface area (Å²) in [6, 6.07) is 0. The maximum atomic E-state index is 9.84. The number of halogens is 1. The molecule has 0 aromatic rings. The minimum absolute atomic E-state index is 1.84. The summed E-state index contributed by atoms with van der Waals surface area (Å²) in [6.45, 7) is 0. The van der Waals surface area contributed by atoms with Gasteiger partial charge in [-0.2, -0.15) is 0 Å². The van der Waals surface area contributed by atoms with E-state index in [1.165, 1.54) is 0 Å². The molecular weight excluding hydrogens is 174 g/mol. The second kappa shape index (κ2) is 3.38. The predicted octanol–water partition coefficient (Wildman–Crippen LogP) is -0.617. The van der Waals surface area contributed by atoms with Gasteiger partial charge in [0.25, 0.3) is 0 Å². The van der Waals surface area contributed by atoms with Gasteiger partial charge in [0.2, 0.25) is 0 Å². The Morgan fingerprint density at radius 1 is 1.50 bits per heavy atom. The van der Waals surface area contributed by atoms with Gasteiger partial charge in [-0.1, -0.05) is 0 Å². The third-order valence-electron chi connectivity index (χ3n) is 0.234. The average Bonchev–Trinajstić information content (AvgIpc) is 1.67. The van der Waals surface area contributed by atoms with Crippen LogP contribution in [0, 0.1) is 0 Å². The third kappa shape index (κ3) is 3.35. The Kier molecular flexibility index (Phi) is 3.52. The molecule has 0 saturated carbocycles. The first-order valence-electron chi connectivity index (χ1n) is 1.29. The molecule has 0 amide bonds. The van der Waals surface area contributed by atoms with E-state index in [2.05, 4.69) is 18.8 Å². The fourth-order valence-electron chi connectivity index (χ4n) is 0.0630. The van der Waals surface area contributed by atoms with Crippen molar-refractivity contribution in [1.82, 2.24) is 0 Å². The first kappa shape index (κ1) is 8.33. The van der Waals surface area contributed by atoms with Crippen molar-refractivity contribution in [1.29, 1.82) is 0 Å². The standard InChI is InChI=1S/Al.ClHO4S.O/c;1-5-6(2,3)4;/h;(H,2,3,4);/q+1;;/p-1. The van der Waals surface area contributed by atoms with Crippen LogP contribution in [0.15, 0.2) is 0 Å². The van der Waals surface area contributed by atoms with Gasteiger partial charge in [-0.15, -0.1) is 0 Å². The van der Waals surface area contributed by atoms with Gasteiger partial charge in [-0.05, 0) is 0 Å². The summed E-state index contributed by atoms with van der Waals surface area (Å²) < 4.78 is 35.9. The van der Waals surface area contributed by atoms with Crippen molar-refractivity contribution in [2.45, 2.75) is 0 Å². The van der Waals surface area contributed by atoms with Crippen LogP contribution in [-0.2, 0) is 21.2 Å². The van der Waals surface area contributed by atoms with Crippen molar-refractivity contribution < 1.29 is 19.2 Å². The van der Waals surface area contributed by atoms with Gasteiger partial charge in [0.05, 0.1) is 0 Å². The van der Waals surface area contributed by atoms with Crippen molar-refractivity contribution in [3.63, 3.8) is 0 Å². The Morgan fingerprint density at radius 2 is 2.00 bits per heavy atom. The summed E-state index contributed by atoms with van der Waals surface area (Å²) in [5.74, 6) is 0. The summed E-state index contributed by atoms with van der Waals surface area (Å²) in [7, 11) is -4.18. The fourth-order valence-corrected chi connectivity index (χ4v) is 0.834. The predicted molar refractivity (Wildman–Crippen MR) is 23.4 cm³/mol. The Labute approximate surface area is 57.3 Å². The molecule has 0 spiro atoms. The van der Waals surface area contributed by atoms with Gasteiger partial charge in [0.15, 0.2) is 0 Å². The molecule has 0 N–H and O–H groups in total. The van der Waals surface area contributed by atoms with Crippen molar-refractivity contribution >= 4 is 37.8 Å². The Morgan fingerprint density at radius 3 is 2.12 bits per heavy atom. The SMILES string of the molecule is [O]=[Al][O]S(=O)(=O)OCl. The van der Waals surface area contributed by atoms with E-state index in [9.17, 15) is 12.2 Å². The van der Waals surface area contributed by atoms with Crippen LogP contribution in [-0.4, -0.2) is 23.9 Å². The second-order valence-corrected chi connectivity index (χ2v) is 2.95. The molecule has 0 aromatic heterocycles. The topological polar surface area (TPSA) is 69.7 Å². The van der Waals surface area contributed by atoms with E-state index in [0.717, 1.165) is 0 Å². The maximum absolute atomic E-state index is 9.84. The van der Waals surface area contributed by atoms with E-state index < -0.39 is 25.9 Å². The molecule has 0 unspecified atom stereocenters. The molecule has 8 heteroatoms. The second-order valence-electron chi connectivity index (χ2n) is 0.664. The van der Waals surface area contributed by atoms with Crippen molar-refractivity contribution in [3.05, 3.63) is 0 Å². The van der Waals surface area contributed by atoms with Gasteiger partial charge in [0.1, 0.15) is 0 Å². The number of hydrogen-bond donors (Lipinski definition) is 0. The summed E-state index contributed by atoms with van der Waals surface area (Å²) in [5.41, 5.74) is 0. The molecule has 0 bridgehead atoms. The van der Waals surface area contributed by atoms with Gasteiger partial charge in [0, 0.05) is 0 Å². The van der Waals surface area contributed by atoms with Crippen LogP contribution in [0.3, 0.4) is 0 Å². The zero-order valence-corrected chi connectivity index (χ0v) is 6.13. The molecule has 5 nitrogen and oxygen atoms in total. The van der Waals surface area contributed by atoms with Gasteiger partial charge < -0.3 is 0 Å². The zero-order chi connectivity index (χ0) is 6.62. The van der Waals surface area contributed by atoms with Crippen LogP contribution in [0.4, 0.5) is 0 Å². The van der Waals surface area contributed by atoms with E-state index in [0.29, 0.717) is 0 Å². The first-order chi connectivity index (χ1) is 3.62. The Balaban J connectivity index is 3.94. The number of rotatable bonds is 3. The van der Waals surface area contributed by atoms with Gasteiger partial charge in [-0.3, -0.25) is 0 Å². The molecule has 8 heavy (non-hydrogen) atoms. The van der Waals surface area contributed by atoms with Crippen molar-refractivity contribution in [2.24, 2.45) is 0 Å². The molecule has 0 saturated heterocycles. The van der Waals surface area contributed by atoms with Crippen LogP contribution in [0.5, 0.6) is 0 Å². The van der Waals surface area contributed by atoms with Crippen molar-refractivity contribution in [3.8, 4) is 0 Å². The summed E-state index contributed by atoms with van der Waals surface area (Å²) >= 11 is 2.49. The third-order valence-corrected chi connectivity index (χ3v) is 2.11. The molecular formula is AlClO5S. The molecule has 0 fully saturated rings. The van der Waals surface area contributed by atoms with Crippen LogP contribution in [0.2, 0.25) is 0 Å². The van der Waals surface area contributed by atoms with Crippen LogP contribution >= 0.6 is 11.9 Å². The molecule has 0 aliphatic heterocycles. The van der Waals surface area contributed by atoms with Crippen LogP contribution in [0.1, 0.15) is 0 Å². The molecule has 0 radical (unpaired) electrons. The molecule has 0 aromatic carbocycles. The molecule has 46 valence electrons. The van der Waals surface area contributed by atoms with E-state index in [-0.39, 0.29) is 0 Å². The Bertz CT molecular complexity index is 157. The summed E-state index contributed by atoms with van der Waals surface area (Å²) in [5, 5.41) is 0. The van der Waals surface area contributed by atoms with Crippen molar-refractivity contribution in [2.75, 3.05) is 0 Å². The van der Waals surface area contributed by atoms with Crippen LogP contribution in [0.25, 0.3) is 0 Å². The fraction of sp³-hybridized carbons (Fsp3) is 0. The first-order valence-corrected chi connectivity index (χ1v) is 3.88.